The topological polar surface area (TPSA) is 174 Å². The van der Waals surface area contributed by atoms with Crippen molar-refractivity contribution in [1.29, 1.82) is 0 Å². The number of alkyl halides is 2. The van der Waals surface area contributed by atoms with E-state index in [0.717, 1.165) is 12.8 Å². The zero-order valence-corrected chi connectivity index (χ0v) is 32.3. The number of nitrogens with zero attached hydrogens (tertiary/aromatic N) is 2. The third-order valence-electron chi connectivity index (χ3n) is 13.1. The van der Waals surface area contributed by atoms with Crippen LogP contribution in [0, 0.1) is 34.5 Å². The third-order valence-corrected chi connectivity index (χ3v) is 13.1. The second-order valence-corrected chi connectivity index (χ2v) is 18.5. The van der Waals surface area contributed by atoms with Gasteiger partial charge in [-0.05, 0) is 74.0 Å². The van der Waals surface area contributed by atoms with Crippen molar-refractivity contribution in [2.75, 3.05) is 13.1 Å². The summed E-state index contributed by atoms with van der Waals surface area (Å²) in [7, 11) is 0. The lowest BCUT2D eigenvalue weighted by Gasteiger charge is -2.38. The SMILES string of the molecule is CC(C)(C)[C@@H](CN1C(=O)C2CCC(C2)C1=O)NC(=O)N[C@H]1CCC(F)(F)CCCCCC[C@@H](C(=O)C(=O)NC2CC2)NC(=O)[C@@H]2[C@@H]3[C@H](CN2C1=O)C3(C)C. The van der Waals surface area contributed by atoms with Crippen LogP contribution in [0.25, 0.3) is 0 Å². The fraction of sp³-hybridized carbons (Fsp3) is 0.821. The van der Waals surface area contributed by atoms with E-state index < -0.39 is 84.3 Å². The van der Waals surface area contributed by atoms with E-state index in [1.165, 1.54) is 9.80 Å². The van der Waals surface area contributed by atoms with Gasteiger partial charge in [0.1, 0.15) is 12.1 Å². The Morgan fingerprint density at radius 1 is 0.852 bits per heavy atom. The molecule has 2 bridgehead atoms. The van der Waals surface area contributed by atoms with Crippen molar-refractivity contribution in [2.24, 2.45) is 34.5 Å². The standard InChI is InChI=1S/C39H58F2N6O7/c1-37(2,3)27(20-47-33(51)21-11-12-22(18-21)34(47)52)45-36(54)44-26-15-17-39(40,41)16-9-7-6-8-10-25(30(48)32(50)42-23-13-14-23)43-31(49)29-28-24(38(28,4)5)19-46(29)35(26)53/h21-29H,6-20H2,1-5H3,(H,42,50)(H,43,49)(H2,44,45,54)/t21?,22?,24-,25-,26-,27+,28-,29-/m0/s1. The van der Waals surface area contributed by atoms with Crippen LogP contribution in [0.4, 0.5) is 13.6 Å². The lowest BCUT2D eigenvalue weighted by Crippen LogP contribution is -2.61. The molecule has 3 heterocycles. The number of halogens is 2. The molecule has 6 aliphatic rings. The van der Waals surface area contributed by atoms with Crippen LogP contribution >= 0.6 is 0 Å². The molecule has 6 fully saturated rings. The molecular weight excluding hydrogens is 702 g/mol. The summed E-state index contributed by atoms with van der Waals surface area (Å²) in [5.41, 5.74) is -0.945. The first-order valence-corrected chi connectivity index (χ1v) is 20.0. The predicted octanol–water partition coefficient (Wildman–Crippen LogP) is 3.44. The molecule has 300 valence electrons. The fourth-order valence-corrected chi connectivity index (χ4v) is 9.24. The average Bonchev–Trinajstić information content (AvgIpc) is 3.83. The first-order chi connectivity index (χ1) is 25.3. The molecule has 2 unspecified atom stereocenters. The fourth-order valence-electron chi connectivity index (χ4n) is 9.24. The van der Waals surface area contributed by atoms with Gasteiger partial charge in [0, 0.05) is 43.8 Å². The maximum absolute atomic E-state index is 15.3. The number of hydrogen-bond donors (Lipinski definition) is 4. The number of rotatable bonds is 7. The summed E-state index contributed by atoms with van der Waals surface area (Å²) in [5.74, 6) is -7.24. The molecule has 0 radical (unpaired) electrons. The Bertz CT molecular complexity index is 1520. The van der Waals surface area contributed by atoms with Gasteiger partial charge in [-0.15, -0.1) is 0 Å². The lowest BCUT2D eigenvalue weighted by molar-refractivity contribution is -0.153. The maximum Gasteiger partial charge on any atom is 0.315 e. The van der Waals surface area contributed by atoms with Gasteiger partial charge < -0.3 is 26.2 Å². The first-order valence-electron chi connectivity index (χ1n) is 20.0. The summed E-state index contributed by atoms with van der Waals surface area (Å²) < 4.78 is 30.6. The van der Waals surface area contributed by atoms with E-state index in [1.54, 1.807) is 0 Å². The summed E-state index contributed by atoms with van der Waals surface area (Å²) in [6.07, 6.45) is 3.70. The molecule has 4 N–H and O–H groups in total. The van der Waals surface area contributed by atoms with Crippen LogP contribution in [-0.2, 0) is 28.8 Å². The number of carbonyl (C=O) groups excluding carboxylic acids is 7. The van der Waals surface area contributed by atoms with Crippen LogP contribution in [-0.4, -0.2) is 100 Å². The summed E-state index contributed by atoms with van der Waals surface area (Å²) in [5, 5.41) is 11.0. The molecule has 54 heavy (non-hydrogen) atoms. The highest BCUT2D eigenvalue weighted by molar-refractivity contribution is 6.38. The highest BCUT2D eigenvalue weighted by Gasteiger charge is 2.69. The van der Waals surface area contributed by atoms with E-state index in [9.17, 15) is 33.6 Å². The second-order valence-electron chi connectivity index (χ2n) is 18.5. The maximum atomic E-state index is 15.3. The minimum Gasteiger partial charge on any atom is -0.347 e. The predicted molar refractivity (Wildman–Crippen MR) is 192 cm³/mol. The quantitative estimate of drug-likeness (QED) is 0.227. The summed E-state index contributed by atoms with van der Waals surface area (Å²) in [4.78, 5) is 97.4. The van der Waals surface area contributed by atoms with E-state index in [2.05, 4.69) is 21.3 Å². The van der Waals surface area contributed by atoms with Crippen LogP contribution in [0.2, 0.25) is 0 Å². The number of likely N-dealkylation sites (tertiary alicyclic amines) is 1. The minimum atomic E-state index is -3.12. The monoisotopic (exact) mass is 760 g/mol. The van der Waals surface area contributed by atoms with Gasteiger partial charge in [0.15, 0.2) is 0 Å². The van der Waals surface area contributed by atoms with Gasteiger partial charge in [-0.2, -0.15) is 0 Å². The number of carbonyl (C=O) groups is 7. The highest BCUT2D eigenvalue weighted by atomic mass is 19.3. The van der Waals surface area contributed by atoms with Crippen LogP contribution in [0.5, 0.6) is 0 Å². The highest BCUT2D eigenvalue weighted by Crippen LogP contribution is 2.65. The Labute approximate surface area is 316 Å². The number of fused-ring (bicyclic) bond motifs is 5. The number of hydrogen-bond acceptors (Lipinski definition) is 7. The van der Waals surface area contributed by atoms with Crippen molar-refractivity contribution in [3.63, 3.8) is 0 Å². The number of piperidine rings is 2. The number of Topliss-reactive ketones (excluding diaryl/α,β-unsaturated/α-hetero) is 1. The Kier molecular flexibility index (Phi) is 11.2. The molecule has 0 spiro atoms. The van der Waals surface area contributed by atoms with Crippen LogP contribution in [0.15, 0.2) is 0 Å². The van der Waals surface area contributed by atoms with Gasteiger partial charge in [0.2, 0.25) is 35.3 Å². The zero-order chi connectivity index (χ0) is 39.3. The number of nitrogens with one attached hydrogen (secondary N) is 4. The Hall–Kier alpha value is -3.65. The van der Waals surface area contributed by atoms with E-state index in [-0.39, 0.29) is 72.9 Å². The number of urea groups is 1. The largest absolute Gasteiger partial charge is 0.347 e. The molecule has 7 amide bonds. The van der Waals surface area contributed by atoms with Crippen LogP contribution in [0.3, 0.4) is 0 Å². The summed E-state index contributed by atoms with van der Waals surface area (Å²) in [6.45, 7) is 9.61. The van der Waals surface area contributed by atoms with E-state index in [1.807, 2.05) is 34.6 Å². The van der Waals surface area contributed by atoms with Crippen molar-refractivity contribution in [3.8, 4) is 0 Å². The number of amides is 7. The van der Waals surface area contributed by atoms with Gasteiger partial charge in [-0.1, -0.05) is 53.9 Å². The summed E-state index contributed by atoms with van der Waals surface area (Å²) >= 11 is 0. The lowest BCUT2D eigenvalue weighted by atomic mass is 9.85. The molecule has 3 saturated heterocycles. The van der Waals surface area contributed by atoms with Gasteiger partial charge in [-0.3, -0.25) is 33.7 Å². The van der Waals surface area contributed by atoms with Gasteiger partial charge in [0.05, 0.1) is 12.1 Å². The normalized spacial score (nSPS) is 33.3. The zero-order valence-electron chi connectivity index (χ0n) is 32.3. The molecule has 0 aromatic heterocycles. The van der Waals surface area contributed by atoms with Gasteiger partial charge >= 0.3 is 6.03 Å². The molecule has 3 aliphatic carbocycles. The van der Waals surface area contributed by atoms with Crippen molar-refractivity contribution < 1.29 is 42.3 Å². The molecule has 3 aliphatic heterocycles. The number of imide groups is 1. The Morgan fingerprint density at radius 2 is 1.50 bits per heavy atom. The van der Waals surface area contributed by atoms with Crippen molar-refractivity contribution in [2.45, 2.75) is 154 Å². The van der Waals surface area contributed by atoms with Gasteiger partial charge in [-0.25, -0.2) is 13.6 Å². The summed E-state index contributed by atoms with van der Waals surface area (Å²) in [6, 6.07) is -5.19. The van der Waals surface area contributed by atoms with Crippen molar-refractivity contribution in [3.05, 3.63) is 0 Å². The minimum absolute atomic E-state index is 0.0638. The molecule has 0 aromatic carbocycles. The first kappa shape index (κ1) is 40.0. The van der Waals surface area contributed by atoms with Crippen LogP contribution < -0.4 is 21.3 Å². The molecule has 3 saturated carbocycles. The average molecular weight is 761 g/mol. The van der Waals surface area contributed by atoms with Crippen molar-refractivity contribution in [1.82, 2.24) is 31.1 Å². The second kappa shape index (κ2) is 15.1. The Morgan fingerprint density at radius 3 is 2.13 bits per heavy atom. The molecule has 6 rings (SSSR count). The third kappa shape index (κ3) is 8.59. The Balaban J connectivity index is 1.22. The van der Waals surface area contributed by atoms with E-state index in [0.29, 0.717) is 38.5 Å². The van der Waals surface area contributed by atoms with Crippen LogP contribution in [0.1, 0.15) is 118 Å². The molecule has 13 nitrogen and oxygen atoms in total. The molecule has 0 aromatic rings. The van der Waals surface area contributed by atoms with Crippen molar-refractivity contribution >= 4 is 41.4 Å². The van der Waals surface area contributed by atoms with Gasteiger partial charge in [0.25, 0.3) is 5.91 Å². The van der Waals surface area contributed by atoms with E-state index >= 15 is 8.78 Å². The molecule has 15 heteroatoms. The molecule has 8 atom stereocenters. The van der Waals surface area contributed by atoms with E-state index in [4.69, 9.17) is 0 Å². The smallest absolute Gasteiger partial charge is 0.315 e. The molecular formula is C39H58F2N6O7. The number of ketones is 1.